The zero-order valence-electron chi connectivity index (χ0n) is 13.0. The Hall–Kier alpha value is -1.80. The number of aromatic nitrogens is 1. The van der Waals surface area contributed by atoms with Crippen molar-refractivity contribution in [3.05, 3.63) is 50.1 Å². The van der Waals surface area contributed by atoms with Gasteiger partial charge in [-0.15, -0.1) is 11.3 Å². The number of rotatable bonds is 6. The summed E-state index contributed by atoms with van der Waals surface area (Å²) in [5, 5.41) is 2.55. The van der Waals surface area contributed by atoms with Gasteiger partial charge in [-0.3, -0.25) is 4.79 Å². The predicted molar refractivity (Wildman–Crippen MR) is 90.1 cm³/mol. The van der Waals surface area contributed by atoms with Crippen LogP contribution in [0, 0.1) is 12.7 Å². The van der Waals surface area contributed by atoms with E-state index in [1.807, 2.05) is 6.92 Å². The van der Waals surface area contributed by atoms with Gasteiger partial charge in [0, 0.05) is 15.4 Å². The van der Waals surface area contributed by atoms with Crippen LogP contribution in [0.2, 0.25) is 0 Å². The molecule has 1 aromatic heterocycles. The Morgan fingerprint density at radius 1 is 1.42 bits per heavy atom. The second-order valence-electron chi connectivity index (χ2n) is 4.82. The molecule has 0 aliphatic heterocycles. The second kappa shape index (κ2) is 8.34. The zero-order valence-corrected chi connectivity index (χ0v) is 15.4. The summed E-state index contributed by atoms with van der Waals surface area (Å²) in [4.78, 5) is 28.3. The number of hydrogen-bond donors (Lipinski definition) is 0. The van der Waals surface area contributed by atoms with Crippen molar-refractivity contribution in [2.24, 2.45) is 0 Å². The number of ether oxygens (including phenoxy) is 2. The van der Waals surface area contributed by atoms with Gasteiger partial charge in [0.15, 0.2) is 0 Å². The third-order valence-electron chi connectivity index (χ3n) is 2.99. The summed E-state index contributed by atoms with van der Waals surface area (Å²) in [5.74, 6) is -2.16. The Morgan fingerprint density at radius 3 is 2.75 bits per heavy atom. The summed E-state index contributed by atoms with van der Waals surface area (Å²) < 4.78 is 24.7. The standard InChI is InChI=1S/C16H15BrFNO4S/c1-3-22-16(21)15(12-5-4-10(17)6-13(12)18)23-14(20)7-11-8-24-9(2)19-11/h4-6,8,15H,3,7H2,1-2H3/t15-/m1/s1. The normalized spacial score (nSPS) is 11.8. The van der Waals surface area contributed by atoms with Crippen molar-refractivity contribution < 1.29 is 23.5 Å². The van der Waals surface area contributed by atoms with E-state index in [2.05, 4.69) is 20.9 Å². The fraction of sp³-hybridized carbons (Fsp3) is 0.312. The third kappa shape index (κ3) is 4.85. The molecule has 0 aliphatic rings. The predicted octanol–water partition coefficient (Wildman–Crippen LogP) is 3.74. The molecule has 0 radical (unpaired) electrons. The number of halogens is 2. The fourth-order valence-corrected chi connectivity index (χ4v) is 2.93. The molecule has 1 aromatic carbocycles. The number of esters is 2. The van der Waals surface area contributed by atoms with Crippen LogP contribution in [-0.2, 0) is 25.5 Å². The highest BCUT2D eigenvalue weighted by molar-refractivity contribution is 9.10. The first-order valence-corrected chi connectivity index (χ1v) is 8.80. The van der Waals surface area contributed by atoms with Crippen molar-refractivity contribution in [1.82, 2.24) is 4.98 Å². The average Bonchev–Trinajstić information content (AvgIpc) is 2.90. The number of hydrogen-bond acceptors (Lipinski definition) is 6. The number of carbonyl (C=O) groups excluding carboxylic acids is 2. The van der Waals surface area contributed by atoms with Gasteiger partial charge in [-0.05, 0) is 26.0 Å². The lowest BCUT2D eigenvalue weighted by molar-refractivity contribution is -0.168. The number of nitrogens with zero attached hydrogens (tertiary/aromatic N) is 1. The highest BCUT2D eigenvalue weighted by Gasteiger charge is 2.29. The van der Waals surface area contributed by atoms with E-state index in [9.17, 15) is 14.0 Å². The second-order valence-corrected chi connectivity index (χ2v) is 6.80. The molecule has 0 unspecified atom stereocenters. The molecular formula is C16H15BrFNO4S. The van der Waals surface area contributed by atoms with Crippen molar-refractivity contribution in [2.75, 3.05) is 6.61 Å². The molecule has 0 amide bonds. The fourth-order valence-electron chi connectivity index (χ4n) is 1.98. The van der Waals surface area contributed by atoms with Crippen molar-refractivity contribution in [1.29, 1.82) is 0 Å². The minimum absolute atomic E-state index is 0.0561. The van der Waals surface area contributed by atoms with Gasteiger partial charge in [0.05, 0.1) is 23.7 Å². The molecule has 0 fully saturated rings. The van der Waals surface area contributed by atoms with Crippen molar-refractivity contribution in [3.8, 4) is 0 Å². The molecule has 8 heteroatoms. The maximum atomic E-state index is 14.1. The van der Waals surface area contributed by atoms with Gasteiger partial charge in [-0.2, -0.15) is 0 Å². The lowest BCUT2D eigenvalue weighted by atomic mass is 10.1. The van der Waals surface area contributed by atoms with Crippen LogP contribution in [0.15, 0.2) is 28.1 Å². The van der Waals surface area contributed by atoms with Gasteiger partial charge in [0.2, 0.25) is 6.10 Å². The Balaban J connectivity index is 2.19. The third-order valence-corrected chi connectivity index (χ3v) is 4.30. The van der Waals surface area contributed by atoms with E-state index in [-0.39, 0.29) is 18.6 Å². The summed E-state index contributed by atoms with van der Waals surface area (Å²) >= 11 is 4.54. The van der Waals surface area contributed by atoms with Crippen LogP contribution in [0.1, 0.15) is 29.3 Å². The summed E-state index contributed by atoms with van der Waals surface area (Å²) in [6, 6.07) is 4.13. The molecule has 1 atom stereocenters. The molecule has 0 bridgehead atoms. The maximum Gasteiger partial charge on any atom is 0.352 e. The maximum absolute atomic E-state index is 14.1. The van der Waals surface area contributed by atoms with Crippen molar-refractivity contribution >= 4 is 39.2 Å². The SMILES string of the molecule is CCOC(=O)[C@H](OC(=O)Cc1csc(C)n1)c1ccc(Br)cc1F. The Bertz CT molecular complexity index is 749. The average molecular weight is 416 g/mol. The van der Waals surface area contributed by atoms with E-state index >= 15 is 0 Å². The van der Waals surface area contributed by atoms with Gasteiger partial charge < -0.3 is 9.47 Å². The number of thiazole rings is 1. The lowest BCUT2D eigenvalue weighted by Crippen LogP contribution is -2.24. The van der Waals surface area contributed by atoms with Gasteiger partial charge >= 0.3 is 11.9 Å². The van der Waals surface area contributed by atoms with Crippen LogP contribution in [0.5, 0.6) is 0 Å². The molecule has 128 valence electrons. The van der Waals surface area contributed by atoms with Crippen LogP contribution in [0.3, 0.4) is 0 Å². The Morgan fingerprint density at radius 2 is 2.17 bits per heavy atom. The largest absolute Gasteiger partial charge is 0.463 e. The first kappa shape index (κ1) is 18.5. The topological polar surface area (TPSA) is 65.5 Å². The summed E-state index contributed by atoms with van der Waals surface area (Å²) in [6.07, 6.45) is -1.55. The Labute approximate surface area is 150 Å². The van der Waals surface area contributed by atoms with E-state index < -0.39 is 23.9 Å². The molecular weight excluding hydrogens is 401 g/mol. The van der Waals surface area contributed by atoms with Gasteiger partial charge in [0.1, 0.15) is 5.82 Å². The minimum atomic E-state index is -1.45. The molecule has 0 aliphatic carbocycles. The van der Waals surface area contributed by atoms with Crippen LogP contribution in [0.25, 0.3) is 0 Å². The van der Waals surface area contributed by atoms with Gasteiger partial charge in [-0.25, -0.2) is 14.2 Å². The molecule has 2 aromatic rings. The summed E-state index contributed by atoms with van der Waals surface area (Å²) in [7, 11) is 0. The van der Waals surface area contributed by atoms with Gasteiger partial charge in [-0.1, -0.05) is 22.0 Å². The van der Waals surface area contributed by atoms with E-state index in [4.69, 9.17) is 9.47 Å². The monoisotopic (exact) mass is 415 g/mol. The van der Waals surface area contributed by atoms with Crippen LogP contribution in [0.4, 0.5) is 4.39 Å². The van der Waals surface area contributed by atoms with E-state index in [0.717, 1.165) is 5.01 Å². The smallest absolute Gasteiger partial charge is 0.352 e. The van der Waals surface area contributed by atoms with Crippen molar-refractivity contribution in [2.45, 2.75) is 26.4 Å². The zero-order chi connectivity index (χ0) is 17.7. The molecule has 2 rings (SSSR count). The quantitative estimate of drug-likeness (QED) is 0.672. The Kier molecular flexibility index (Phi) is 6.44. The molecule has 0 saturated heterocycles. The van der Waals surface area contributed by atoms with Crippen LogP contribution in [-0.4, -0.2) is 23.5 Å². The summed E-state index contributed by atoms with van der Waals surface area (Å²) in [6.45, 7) is 3.53. The molecule has 5 nitrogen and oxygen atoms in total. The lowest BCUT2D eigenvalue weighted by Gasteiger charge is -2.17. The first-order valence-electron chi connectivity index (χ1n) is 7.12. The van der Waals surface area contributed by atoms with Crippen molar-refractivity contribution in [3.63, 3.8) is 0 Å². The molecule has 1 heterocycles. The number of aryl methyl sites for hydroxylation is 1. The minimum Gasteiger partial charge on any atom is -0.463 e. The van der Waals surface area contributed by atoms with E-state index in [1.165, 1.54) is 23.5 Å². The summed E-state index contributed by atoms with van der Waals surface area (Å²) in [5.41, 5.74) is 0.487. The van der Waals surface area contributed by atoms with Gasteiger partial charge in [0.25, 0.3) is 0 Å². The highest BCUT2D eigenvalue weighted by Crippen LogP contribution is 2.26. The molecule has 0 spiro atoms. The van der Waals surface area contributed by atoms with Crippen LogP contribution >= 0.6 is 27.3 Å². The van der Waals surface area contributed by atoms with Crippen LogP contribution < -0.4 is 0 Å². The molecule has 24 heavy (non-hydrogen) atoms. The molecule has 0 N–H and O–H groups in total. The first-order chi connectivity index (χ1) is 11.4. The highest BCUT2D eigenvalue weighted by atomic mass is 79.9. The number of benzene rings is 1. The van der Waals surface area contributed by atoms with E-state index in [0.29, 0.717) is 10.2 Å². The van der Waals surface area contributed by atoms with E-state index in [1.54, 1.807) is 18.4 Å². The number of carbonyl (C=O) groups is 2. The molecule has 0 saturated carbocycles.